The first-order valence-electron chi connectivity index (χ1n) is 8.57. The van der Waals surface area contributed by atoms with Crippen LogP contribution < -0.4 is 5.73 Å². The molecule has 4 aliphatic carbocycles. The van der Waals surface area contributed by atoms with Gasteiger partial charge in [-0.15, -0.1) is 0 Å². The second-order valence-corrected chi connectivity index (χ2v) is 7.69. The quantitative estimate of drug-likeness (QED) is 0.882. The first-order valence-corrected chi connectivity index (χ1v) is 8.57. The molecule has 1 atom stereocenters. The second-order valence-electron chi connectivity index (χ2n) is 7.69. The van der Waals surface area contributed by atoms with Crippen molar-refractivity contribution in [1.29, 1.82) is 0 Å². The molecular formula is C19H27N. The number of rotatable bonds is 4. The van der Waals surface area contributed by atoms with Crippen LogP contribution in [0.4, 0.5) is 0 Å². The molecule has 0 aliphatic heterocycles. The Morgan fingerprint density at radius 2 is 1.50 bits per heavy atom. The van der Waals surface area contributed by atoms with Crippen LogP contribution in [0.2, 0.25) is 0 Å². The smallest absolute Gasteiger partial charge is 0.00428 e. The summed E-state index contributed by atoms with van der Waals surface area (Å²) in [6, 6.07) is 11.0. The van der Waals surface area contributed by atoms with Crippen LogP contribution in [-0.4, -0.2) is 6.54 Å². The van der Waals surface area contributed by atoms with E-state index in [4.69, 9.17) is 5.73 Å². The van der Waals surface area contributed by atoms with E-state index in [9.17, 15) is 0 Å². The predicted molar refractivity (Wildman–Crippen MR) is 83.2 cm³/mol. The van der Waals surface area contributed by atoms with Gasteiger partial charge in [-0.05, 0) is 86.1 Å². The molecular weight excluding hydrogens is 242 g/mol. The molecule has 1 heteroatoms. The lowest BCUT2D eigenvalue weighted by Gasteiger charge is -2.56. The molecule has 5 rings (SSSR count). The first kappa shape index (κ1) is 12.9. The molecule has 4 saturated carbocycles. The highest BCUT2D eigenvalue weighted by Crippen LogP contribution is 2.58. The highest BCUT2D eigenvalue weighted by atomic mass is 14.6. The summed E-state index contributed by atoms with van der Waals surface area (Å²) < 4.78 is 0. The molecule has 0 heterocycles. The van der Waals surface area contributed by atoms with Crippen LogP contribution in [0.25, 0.3) is 0 Å². The minimum absolute atomic E-state index is 0.715. The highest BCUT2D eigenvalue weighted by Gasteiger charge is 2.49. The summed E-state index contributed by atoms with van der Waals surface area (Å²) in [6.45, 7) is 0.877. The van der Waals surface area contributed by atoms with Gasteiger partial charge < -0.3 is 5.73 Å². The fourth-order valence-corrected chi connectivity index (χ4v) is 6.03. The molecule has 0 amide bonds. The monoisotopic (exact) mass is 269 g/mol. The third kappa shape index (κ3) is 2.20. The van der Waals surface area contributed by atoms with Gasteiger partial charge in [0, 0.05) is 0 Å². The average molecular weight is 269 g/mol. The zero-order valence-electron chi connectivity index (χ0n) is 12.4. The van der Waals surface area contributed by atoms with Crippen molar-refractivity contribution in [3.8, 4) is 0 Å². The summed E-state index contributed by atoms with van der Waals surface area (Å²) in [7, 11) is 0. The standard InChI is InChI=1S/C19H27N/c20-12-18(7-13-4-2-1-3-5-13)19-16-8-14-6-15(10-16)11-17(19)9-14/h1-5,14-19H,6-12,20H2. The highest BCUT2D eigenvalue weighted by molar-refractivity contribution is 5.16. The van der Waals surface area contributed by atoms with Crippen LogP contribution in [0.1, 0.15) is 37.7 Å². The summed E-state index contributed by atoms with van der Waals surface area (Å²) in [5.74, 6) is 5.79. The fraction of sp³-hybridized carbons (Fsp3) is 0.684. The topological polar surface area (TPSA) is 26.0 Å². The van der Waals surface area contributed by atoms with Gasteiger partial charge in [-0.25, -0.2) is 0 Å². The van der Waals surface area contributed by atoms with E-state index < -0.39 is 0 Å². The van der Waals surface area contributed by atoms with Crippen molar-refractivity contribution in [2.75, 3.05) is 6.54 Å². The van der Waals surface area contributed by atoms with Crippen LogP contribution >= 0.6 is 0 Å². The van der Waals surface area contributed by atoms with Gasteiger partial charge in [0.15, 0.2) is 0 Å². The van der Waals surface area contributed by atoms with Gasteiger partial charge in [0.1, 0.15) is 0 Å². The van der Waals surface area contributed by atoms with Crippen LogP contribution in [0.5, 0.6) is 0 Å². The van der Waals surface area contributed by atoms with Crippen LogP contribution in [-0.2, 0) is 6.42 Å². The Morgan fingerprint density at radius 1 is 0.900 bits per heavy atom. The van der Waals surface area contributed by atoms with Gasteiger partial charge in [0.25, 0.3) is 0 Å². The molecule has 2 N–H and O–H groups in total. The summed E-state index contributed by atoms with van der Waals surface area (Å²) >= 11 is 0. The molecule has 0 aromatic heterocycles. The third-order valence-corrected chi connectivity index (χ3v) is 6.49. The van der Waals surface area contributed by atoms with Gasteiger partial charge in [0.05, 0.1) is 0 Å². The maximum absolute atomic E-state index is 6.20. The Balaban J connectivity index is 1.53. The van der Waals surface area contributed by atoms with Crippen LogP contribution in [0, 0.1) is 35.5 Å². The number of hydrogen-bond donors (Lipinski definition) is 1. The van der Waals surface area contributed by atoms with E-state index in [-0.39, 0.29) is 0 Å². The average Bonchev–Trinajstić information content (AvgIpc) is 2.46. The van der Waals surface area contributed by atoms with E-state index in [2.05, 4.69) is 30.3 Å². The molecule has 20 heavy (non-hydrogen) atoms. The summed E-state index contributed by atoms with van der Waals surface area (Å²) in [5, 5.41) is 0. The molecule has 0 saturated heterocycles. The second kappa shape index (κ2) is 5.18. The summed E-state index contributed by atoms with van der Waals surface area (Å²) in [5.41, 5.74) is 7.68. The fourth-order valence-electron chi connectivity index (χ4n) is 6.03. The Kier molecular flexibility index (Phi) is 3.34. The molecule has 1 aromatic rings. The number of hydrogen-bond acceptors (Lipinski definition) is 1. The minimum atomic E-state index is 0.715. The number of nitrogens with two attached hydrogens (primary N) is 1. The number of benzene rings is 1. The van der Waals surface area contributed by atoms with Gasteiger partial charge in [-0.1, -0.05) is 30.3 Å². The Labute approximate surface area is 122 Å². The van der Waals surface area contributed by atoms with Crippen molar-refractivity contribution >= 4 is 0 Å². The molecule has 4 aliphatic rings. The Bertz CT molecular complexity index is 424. The van der Waals surface area contributed by atoms with Crippen molar-refractivity contribution in [1.82, 2.24) is 0 Å². The van der Waals surface area contributed by atoms with Crippen molar-refractivity contribution < 1.29 is 0 Å². The minimum Gasteiger partial charge on any atom is -0.330 e. The first-order chi connectivity index (χ1) is 9.83. The lowest BCUT2D eigenvalue weighted by molar-refractivity contribution is -0.0599. The molecule has 4 fully saturated rings. The normalized spacial score (nSPS) is 40.0. The largest absolute Gasteiger partial charge is 0.330 e. The van der Waals surface area contributed by atoms with Crippen molar-refractivity contribution in [3.05, 3.63) is 35.9 Å². The molecule has 108 valence electrons. The lowest BCUT2D eigenvalue weighted by atomic mass is 9.49. The molecule has 0 radical (unpaired) electrons. The molecule has 1 unspecified atom stereocenters. The van der Waals surface area contributed by atoms with Crippen molar-refractivity contribution in [2.24, 2.45) is 41.2 Å². The van der Waals surface area contributed by atoms with E-state index in [1.54, 1.807) is 6.42 Å². The van der Waals surface area contributed by atoms with E-state index >= 15 is 0 Å². The van der Waals surface area contributed by atoms with E-state index in [0.29, 0.717) is 5.92 Å². The lowest BCUT2D eigenvalue weighted by Crippen LogP contribution is -2.49. The zero-order chi connectivity index (χ0) is 13.5. The van der Waals surface area contributed by atoms with E-state index in [1.807, 2.05) is 0 Å². The maximum atomic E-state index is 6.20. The van der Waals surface area contributed by atoms with Crippen molar-refractivity contribution in [2.45, 2.75) is 38.5 Å². The van der Waals surface area contributed by atoms with Gasteiger partial charge >= 0.3 is 0 Å². The summed E-state index contributed by atoms with van der Waals surface area (Å²) in [6.07, 6.45) is 8.81. The van der Waals surface area contributed by atoms with Gasteiger partial charge in [-0.3, -0.25) is 0 Å². The third-order valence-electron chi connectivity index (χ3n) is 6.49. The molecule has 1 aromatic carbocycles. The van der Waals surface area contributed by atoms with Crippen molar-refractivity contribution in [3.63, 3.8) is 0 Å². The molecule has 0 spiro atoms. The Hall–Kier alpha value is -0.820. The predicted octanol–water partition coefficient (Wildman–Crippen LogP) is 3.88. The Morgan fingerprint density at radius 3 is 2.05 bits per heavy atom. The zero-order valence-corrected chi connectivity index (χ0v) is 12.4. The van der Waals surface area contributed by atoms with Gasteiger partial charge in [-0.2, -0.15) is 0 Å². The molecule has 4 bridgehead atoms. The van der Waals surface area contributed by atoms with E-state index in [1.165, 1.54) is 37.7 Å². The SMILES string of the molecule is NCC(Cc1ccccc1)C1C2CC3CC(C2)CC1C3. The molecule has 1 nitrogen and oxygen atoms in total. The van der Waals surface area contributed by atoms with E-state index in [0.717, 1.165) is 36.1 Å². The van der Waals surface area contributed by atoms with Gasteiger partial charge in [0.2, 0.25) is 0 Å². The van der Waals surface area contributed by atoms with Crippen LogP contribution in [0.3, 0.4) is 0 Å². The maximum Gasteiger partial charge on any atom is -0.00428 e. The summed E-state index contributed by atoms with van der Waals surface area (Å²) in [4.78, 5) is 0. The van der Waals surface area contributed by atoms with Crippen LogP contribution in [0.15, 0.2) is 30.3 Å².